The summed E-state index contributed by atoms with van der Waals surface area (Å²) in [6, 6.07) is 4.44. The molecule has 0 bridgehead atoms. The monoisotopic (exact) mass is 363 g/mol. The van der Waals surface area contributed by atoms with Gasteiger partial charge in [-0.15, -0.1) is 13.2 Å². The lowest BCUT2D eigenvalue weighted by molar-refractivity contribution is -0.274. The van der Waals surface area contributed by atoms with E-state index in [9.17, 15) is 13.2 Å². The van der Waals surface area contributed by atoms with Crippen LogP contribution in [0.2, 0.25) is 0 Å². The number of halogens is 4. The molecule has 1 aromatic heterocycles. The Labute approximate surface area is 128 Å². The molecule has 114 valence electrons. The zero-order valence-electron chi connectivity index (χ0n) is 11.1. The molecule has 2 aromatic rings. The quantitative estimate of drug-likeness (QED) is 0.866. The van der Waals surface area contributed by atoms with Crippen LogP contribution in [0.15, 0.2) is 35.1 Å². The van der Waals surface area contributed by atoms with E-state index >= 15 is 0 Å². The van der Waals surface area contributed by atoms with Crippen LogP contribution >= 0.6 is 15.9 Å². The minimum Gasteiger partial charge on any atom is -0.405 e. The number of benzene rings is 1. The van der Waals surface area contributed by atoms with Crippen LogP contribution in [0.5, 0.6) is 5.75 Å². The number of aromatic nitrogens is 2. The van der Waals surface area contributed by atoms with Gasteiger partial charge < -0.3 is 10.1 Å². The first-order valence-corrected chi connectivity index (χ1v) is 6.97. The zero-order chi connectivity index (χ0) is 15.5. The fourth-order valence-electron chi connectivity index (χ4n) is 1.69. The average Bonchev–Trinajstić information content (AvgIpc) is 2.86. The maximum Gasteiger partial charge on any atom is 0.573 e. The fourth-order valence-corrected chi connectivity index (χ4v) is 2.20. The van der Waals surface area contributed by atoms with E-state index in [1.807, 2.05) is 13.1 Å². The summed E-state index contributed by atoms with van der Waals surface area (Å²) in [6.45, 7) is 3.23. The highest BCUT2D eigenvalue weighted by Gasteiger charge is 2.31. The van der Waals surface area contributed by atoms with E-state index in [2.05, 4.69) is 31.1 Å². The van der Waals surface area contributed by atoms with Crippen LogP contribution in [0.1, 0.15) is 12.5 Å². The van der Waals surface area contributed by atoms with Crippen molar-refractivity contribution >= 4 is 21.6 Å². The number of nitrogens with one attached hydrogen (secondary N) is 1. The smallest absolute Gasteiger partial charge is 0.405 e. The molecule has 0 aliphatic heterocycles. The fraction of sp³-hybridized carbons (Fsp3) is 0.308. The molecule has 0 saturated heterocycles. The molecule has 4 nitrogen and oxygen atoms in total. The van der Waals surface area contributed by atoms with Crippen LogP contribution < -0.4 is 10.1 Å². The van der Waals surface area contributed by atoms with Gasteiger partial charge >= 0.3 is 6.36 Å². The van der Waals surface area contributed by atoms with Gasteiger partial charge in [0.2, 0.25) is 0 Å². The van der Waals surface area contributed by atoms with Gasteiger partial charge in [-0.25, -0.2) is 0 Å². The van der Waals surface area contributed by atoms with E-state index in [0.717, 1.165) is 17.8 Å². The van der Waals surface area contributed by atoms with Crippen LogP contribution in [-0.2, 0) is 13.1 Å². The Bertz CT molecular complexity index is 613. The van der Waals surface area contributed by atoms with Gasteiger partial charge in [-0.1, -0.05) is 6.07 Å². The molecule has 0 aliphatic carbocycles. The number of rotatable bonds is 5. The van der Waals surface area contributed by atoms with Gasteiger partial charge in [0, 0.05) is 19.3 Å². The molecular weight excluding hydrogens is 351 g/mol. The minimum atomic E-state index is -4.70. The van der Waals surface area contributed by atoms with E-state index in [-0.39, 0.29) is 10.2 Å². The van der Waals surface area contributed by atoms with Crippen molar-refractivity contribution < 1.29 is 17.9 Å². The third-order valence-electron chi connectivity index (χ3n) is 2.68. The summed E-state index contributed by atoms with van der Waals surface area (Å²) in [7, 11) is 0. The Morgan fingerprint density at radius 2 is 2.14 bits per heavy atom. The Balaban J connectivity index is 1.99. The van der Waals surface area contributed by atoms with E-state index in [0.29, 0.717) is 6.54 Å². The highest BCUT2D eigenvalue weighted by atomic mass is 79.9. The van der Waals surface area contributed by atoms with Gasteiger partial charge in [-0.05, 0) is 40.5 Å². The molecule has 0 aliphatic rings. The summed E-state index contributed by atoms with van der Waals surface area (Å²) in [4.78, 5) is 0. The highest BCUT2D eigenvalue weighted by Crippen LogP contribution is 2.31. The number of nitrogens with zero attached hydrogens (tertiary/aromatic N) is 2. The van der Waals surface area contributed by atoms with Crippen molar-refractivity contribution in [2.24, 2.45) is 0 Å². The summed E-state index contributed by atoms with van der Waals surface area (Å²) in [5.41, 5.74) is 1.67. The molecule has 8 heteroatoms. The van der Waals surface area contributed by atoms with Crippen LogP contribution in [0.25, 0.3) is 0 Å². The average molecular weight is 364 g/mol. The molecule has 0 radical (unpaired) electrons. The van der Waals surface area contributed by atoms with Crippen LogP contribution in [-0.4, -0.2) is 16.1 Å². The third kappa shape index (κ3) is 4.66. The molecular formula is C13H13BrF3N3O. The molecule has 2 rings (SSSR count). The van der Waals surface area contributed by atoms with Crippen molar-refractivity contribution in [3.05, 3.63) is 40.6 Å². The predicted molar refractivity (Wildman–Crippen MR) is 76.1 cm³/mol. The third-order valence-corrected chi connectivity index (χ3v) is 3.30. The molecule has 1 aromatic carbocycles. The standard InChI is InChI=1S/C13H13BrF3N3O/c1-2-20-8-10(7-19-20)18-6-9-3-4-12(11(14)5-9)21-13(15,16)17/h3-5,7-8,18H,2,6H2,1H3. The second-order valence-corrected chi connectivity index (χ2v) is 5.11. The lowest BCUT2D eigenvalue weighted by Gasteiger charge is -2.11. The number of aryl methyl sites for hydroxylation is 1. The van der Waals surface area contributed by atoms with E-state index in [1.54, 1.807) is 23.0 Å². The van der Waals surface area contributed by atoms with Gasteiger partial charge in [0.15, 0.2) is 0 Å². The maximum absolute atomic E-state index is 12.2. The zero-order valence-corrected chi connectivity index (χ0v) is 12.7. The second-order valence-electron chi connectivity index (χ2n) is 4.25. The summed E-state index contributed by atoms with van der Waals surface area (Å²) in [5, 5.41) is 7.26. The van der Waals surface area contributed by atoms with Crippen LogP contribution in [0.3, 0.4) is 0 Å². The molecule has 21 heavy (non-hydrogen) atoms. The molecule has 0 saturated carbocycles. The lowest BCUT2D eigenvalue weighted by Crippen LogP contribution is -2.17. The van der Waals surface area contributed by atoms with Gasteiger partial charge in [0.25, 0.3) is 0 Å². The molecule has 0 atom stereocenters. The number of alkyl halides is 3. The number of anilines is 1. The first-order valence-electron chi connectivity index (χ1n) is 6.18. The summed E-state index contributed by atoms with van der Waals surface area (Å²) >= 11 is 3.07. The van der Waals surface area contributed by atoms with Crippen molar-refractivity contribution in [3.63, 3.8) is 0 Å². The number of hydrogen-bond donors (Lipinski definition) is 1. The Hall–Kier alpha value is -1.70. The topological polar surface area (TPSA) is 39.1 Å². The van der Waals surface area contributed by atoms with Crippen molar-refractivity contribution in [2.45, 2.75) is 26.4 Å². The molecule has 1 N–H and O–H groups in total. The largest absolute Gasteiger partial charge is 0.573 e. The van der Waals surface area contributed by atoms with E-state index in [4.69, 9.17) is 0 Å². The van der Waals surface area contributed by atoms with Gasteiger partial charge in [-0.3, -0.25) is 4.68 Å². The summed E-state index contributed by atoms with van der Waals surface area (Å²) in [6.07, 6.45) is -1.15. The normalized spacial score (nSPS) is 11.5. The number of ether oxygens (including phenoxy) is 1. The van der Waals surface area contributed by atoms with Crippen LogP contribution in [0.4, 0.5) is 18.9 Å². The Morgan fingerprint density at radius 3 is 2.71 bits per heavy atom. The SMILES string of the molecule is CCn1cc(NCc2ccc(OC(F)(F)F)c(Br)c2)cn1. The summed E-state index contributed by atoms with van der Waals surface area (Å²) in [5.74, 6) is -0.259. The lowest BCUT2D eigenvalue weighted by atomic mass is 10.2. The van der Waals surface area contributed by atoms with E-state index < -0.39 is 6.36 Å². The molecule has 0 amide bonds. The van der Waals surface area contributed by atoms with Crippen molar-refractivity contribution in [1.82, 2.24) is 9.78 Å². The second kappa shape index (κ2) is 6.38. The first kappa shape index (κ1) is 15.7. The Morgan fingerprint density at radius 1 is 1.38 bits per heavy atom. The van der Waals surface area contributed by atoms with Gasteiger partial charge in [0.1, 0.15) is 5.75 Å². The first-order chi connectivity index (χ1) is 9.87. The predicted octanol–water partition coefficient (Wildman–Crippen LogP) is 4.18. The molecule has 1 heterocycles. The van der Waals surface area contributed by atoms with Crippen molar-refractivity contribution in [1.29, 1.82) is 0 Å². The molecule has 0 spiro atoms. The Kier molecular flexibility index (Phi) is 4.76. The highest BCUT2D eigenvalue weighted by molar-refractivity contribution is 9.10. The van der Waals surface area contributed by atoms with Gasteiger partial charge in [0.05, 0.1) is 16.4 Å². The molecule has 0 unspecified atom stereocenters. The van der Waals surface area contributed by atoms with Crippen molar-refractivity contribution in [2.75, 3.05) is 5.32 Å². The van der Waals surface area contributed by atoms with Gasteiger partial charge in [-0.2, -0.15) is 5.10 Å². The minimum absolute atomic E-state index is 0.253. The van der Waals surface area contributed by atoms with E-state index in [1.165, 1.54) is 6.07 Å². The van der Waals surface area contributed by atoms with Crippen LogP contribution in [0, 0.1) is 0 Å². The number of hydrogen-bond acceptors (Lipinski definition) is 3. The van der Waals surface area contributed by atoms with Crippen molar-refractivity contribution in [3.8, 4) is 5.75 Å². The summed E-state index contributed by atoms with van der Waals surface area (Å²) < 4.78 is 42.4. The molecule has 0 fully saturated rings. The maximum atomic E-state index is 12.2.